The zero-order valence-corrected chi connectivity index (χ0v) is 12.3. The predicted molar refractivity (Wildman–Crippen MR) is 75.9 cm³/mol. The number of benzene rings is 1. The first-order valence-electron chi connectivity index (χ1n) is 6.36. The first-order valence-corrected chi connectivity index (χ1v) is 7.15. The summed E-state index contributed by atoms with van der Waals surface area (Å²) in [6.45, 7) is 1.68. The summed E-state index contributed by atoms with van der Waals surface area (Å²) in [5.74, 6) is 1.48. The summed E-state index contributed by atoms with van der Waals surface area (Å²) < 4.78 is 11.8. The molecule has 0 spiro atoms. The van der Waals surface area contributed by atoms with Gasteiger partial charge in [-0.25, -0.2) is 0 Å². The molecule has 0 aromatic heterocycles. The second-order valence-corrected chi connectivity index (χ2v) is 5.69. The highest BCUT2D eigenvalue weighted by Gasteiger charge is 2.22. The molecule has 0 bridgehead atoms. The van der Waals surface area contributed by atoms with Crippen molar-refractivity contribution in [3.05, 3.63) is 28.2 Å². The van der Waals surface area contributed by atoms with E-state index in [1.54, 1.807) is 7.11 Å². The third kappa shape index (κ3) is 3.46. The standard InChI is InChI=1S/C14H20BrNO2/c1-17-14-3-2-12(15)8-11(14)9-13(16)10-4-6-18-7-5-10/h2-3,8,10,13H,4-7,9,16H2,1H3. The van der Waals surface area contributed by atoms with Crippen LogP contribution in [0.4, 0.5) is 0 Å². The van der Waals surface area contributed by atoms with Gasteiger partial charge in [0.2, 0.25) is 0 Å². The quantitative estimate of drug-likeness (QED) is 0.929. The van der Waals surface area contributed by atoms with Crippen molar-refractivity contribution in [1.82, 2.24) is 0 Å². The fraction of sp³-hybridized carbons (Fsp3) is 0.571. The van der Waals surface area contributed by atoms with E-state index in [0.29, 0.717) is 5.92 Å². The molecule has 100 valence electrons. The van der Waals surface area contributed by atoms with Gasteiger partial charge in [-0.3, -0.25) is 0 Å². The number of ether oxygens (including phenoxy) is 2. The lowest BCUT2D eigenvalue weighted by molar-refractivity contribution is 0.0584. The number of rotatable bonds is 4. The fourth-order valence-electron chi connectivity index (χ4n) is 2.47. The van der Waals surface area contributed by atoms with Gasteiger partial charge >= 0.3 is 0 Å². The number of halogens is 1. The van der Waals surface area contributed by atoms with Crippen LogP contribution in [0.5, 0.6) is 5.75 Å². The zero-order valence-electron chi connectivity index (χ0n) is 10.7. The van der Waals surface area contributed by atoms with Crippen molar-refractivity contribution >= 4 is 15.9 Å². The summed E-state index contributed by atoms with van der Waals surface area (Å²) >= 11 is 3.50. The molecule has 2 rings (SSSR count). The van der Waals surface area contributed by atoms with Crippen LogP contribution in [0.3, 0.4) is 0 Å². The van der Waals surface area contributed by atoms with E-state index in [1.165, 1.54) is 5.56 Å². The normalized spacial score (nSPS) is 18.6. The highest BCUT2D eigenvalue weighted by molar-refractivity contribution is 9.10. The third-order valence-electron chi connectivity index (χ3n) is 3.57. The molecule has 4 heteroatoms. The van der Waals surface area contributed by atoms with Crippen molar-refractivity contribution in [2.75, 3.05) is 20.3 Å². The first kappa shape index (κ1) is 13.8. The van der Waals surface area contributed by atoms with E-state index >= 15 is 0 Å². The van der Waals surface area contributed by atoms with E-state index in [-0.39, 0.29) is 6.04 Å². The summed E-state index contributed by atoms with van der Waals surface area (Å²) in [6, 6.07) is 6.24. The first-order chi connectivity index (χ1) is 8.70. The number of methoxy groups -OCH3 is 1. The maximum atomic E-state index is 6.33. The molecule has 2 N–H and O–H groups in total. The maximum absolute atomic E-state index is 6.33. The van der Waals surface area contributed by atoms with E-state index < -0.39 is 0 Å². The summed E-state index contributed by atoms with van der Waals surface area (Å²) in [6.07, 6.45) is 2.99. The largest absolute Gasteiger partial charge is 0.496 e. The highest BCUT2D eigenvalue weighted by Crippen LogP contribution is 2.27. The van der Waals surface area contributed by atoms with Crippen molar-refractivity contribution in [3.8, 4) is 5.75 Å². The second-order valence-electron chi connectivity index (χ2n) is 4.77. The van der Waals surface area contributed by atoms with Gasteiger partial charge in [0.15, 0.2) is 0 Å². The molecular formula is C14H20BrNO2. The van der Waals surface area contributed by atoms with Crippen molar-refractivity contribution in [1.29, 1.82) is 0 Å². The van der Waals surface area contributed by atoms with Gasteiger partial charge in [0.1, 0.15) is 5.75 Å². The minimum Gasteiger partial charge on any atom is -0.496 e. The molecule has 1 aromatic rings. The summed E-state index contributed by atoms with van der Waals surface area (Å²) in [5.41, 5.74) is 7.50. The van der Waals surface area contributed by atoms with Crippen molar-refractivity contribution in [2.24, 2.45) is 11.7 Å². The summed E-state index contributed by atoms with van der Waals surface area (Å²) in [7, 11) is 1.70. The van der Waals surface area contributed by atoms with Crippen LogP contribution in [-0.2, 0) is 11.2 Å². The molecule has 0 saturated carbocycles. The van der Waals surface area contributed by atoms with Gasteiger partial charge < -0.3 is 15.2 Å². The lowest BCUT2D eigenvalue weighted by atomic mass is 9.88. The smallest absolute Gasteiger partial charge is 0.122 e. The minimum atomic E-state index is 0.178. The maximum Gasteiger partial charge on any atom is 0.122 e. The monoisotopic (exact) mass is 313 g/mol. The number of nitrogens with two attached hydrogens (primary N) is 1. The Morgan fingerprint density at radius 3 is 2.83 bits per heavy atom. The van der Waals surface area contributed by atoms with Crippen LogP contribution < -0.4 is 10.5 Å². The fourth-order valence-corrected chi connectivity index (χ4v) is 2.88. The predicted octanol–water partition coefficient (Wildman–Crippen LogP) is 2.75. The molecule has 1 heterocycles. The number of hydrogen-bond donors (Lipinski definition) is 1. The Morgan fingerprint density at radius 1 is 1.44 bits per heavy atom. The Kier molecular flexibility index (Phi) is 5.03. The van der Waals surface area contributed by atoms with Gasteiger partial charge in [0.05, 0.1) is 7.11 Å². The van der Waals surface area contributed by atoms with E-state index in [2.05, 4.69) is 22.0 Å². The van der Waals surface area contributed by atoms with Crippen LogP contribution in [0.15, 0.2) is 22.7 Å². The molecule has 3 nitrogen and oxygen atoms in total. The molecule has 1 fully saturated rings. The molecule has 1 aliphatic rings. The van der Waals surface area contributed by atoms with Crippen LogP contribution in [-0.4, -0.2) is 26.4 Å². The average molecular weight is 314 g/mol. The van der Waals surface area contributed by atoms with Gasteiger partial charge in [0, 0.05) is 23.7 Å². The molecule has 1 unspecified atom stereocenters. The van der Waals surface area contributed by atoms with Crippen molar-refractivity contribution in [3.63, 3.8) is 0 Å². The van der Waals surface area contributed by atoms with Crippen LogP contribution in [0.2, 0.25) is 0 Å². The Balaban J connectivity index is 2.05. The summed E-state index contributed by atoms with van der Waals surface area (Å²) in [4.78, 5) is 0. The van der Waals surface area contributed by atoms with Gasteiger partial charge in [-0.2, -0.15) is 0 Å². The van der Waals surface area contributed by atoms with E-state index in [1.807, 2.05) is 12.1 Å². The van der Waals surface area contributed by atoms with E-state index in [4.69, 9.17) is 15.2 Å². The number of hydrogen-bond acceptors (Lipinski definition) is 3. The third-order valence-corrected chi connectivity index (χ3v) is 4.06. The molecule has 1 atom stereocenters. The molecule has 0 amide bonds. The van der Waals surface area contributed by atoms with Gasteiger partial charge in [-0.05, 0) is 48.9 Å². The van der Waals surface area contributed by atoms with Crippen LogP contribution in [0, 0.1) is 5.92 Å². The van der Waals surface area contributed by atoms with Gasteiger partial charge in [0.25, 0.3) is 0 Å². The van der Waals surface area contributed by atoms with E-state index in [9.17, 15) is 0 Å². The lowest BCUT2D eigenvalue weighted by Gasteiger charge is -2.28. The SMILES string of the molecule is COc1ccc(Br)cc1CC(N)C1CCOCC1. The average Bonchev–Trinajstić information content (AvgIpc) is 2.40. The highest BCUT2D eigenvalue weighted by atomic mass is 79.9. The molecule has 1 saturated heterocycles. The molecule has 0 radical (unpaired) electrons. The Hall–Kier alpha value is -0.580. The minimum absolute atomic E-state index is 0.178. The van der Waals surface area contributed by atoms with Gasteiger partial charge in [-0.15, -0.1) is 0 Å². The lowest BCUT2D eigenvalue weighted by Crippen LogP contribution is -2.36. The van der Waals surface area contributed by atoms with Crippen LogP contribution in [0.25, 0.3) is 0 Å². The van der Waals surface area contributed by atoms with Gasteiger partial charge in [-0.1, -0.05) is 15.9 Å². The Labute approximate surface area is 117 Å². The van der Waals surface area contributed by atoms with Crippen molar-refractivity contribution in [2.45, 2.75) is 25.3 Å². The van der Waals surface area contributed by atoms with E-state index in [0.717, 1.165) is 42.7 Å². The molecule has 0 aliphatic carbocycles. The molecule has 1 aromatic carbocycles. The molecule has 18 heavy (non-hydrogen) atoms. The second kappa shape index (κ2) is 6.55. The molecule has 1 aliphatic heterocycles. The Bertz CT molecular complexity index is 391. The van der Waals surface area contributed by atoms with Crippen LogP contribution in [0.1, 0.15) is 18.4 Å². The molecular weight excluding hydrogens is 294 g/mol. The topological polar surface area (TPSA) is 44.5 Å². The summed E-state index contributed by atoms with van der Waals surface area (Å²) in [5, 5.41) is 0. The Morgan fingerprint density at radius 2 is 2.17 bits per heavy atom. The zero-order chi connectivity index (χ0) is 13.0. The van der Waals surface area contributed by atoms with Crippen LogP contribution >= 0.6 is 15.9 Å². The van der Waals surface area contributed by atoms with Crippen molar-refractivity contribution < 1.29 is 9.47 Å².